The molecule has 3 aromatic carbocycles. The molecular formula is C27H24N2O5S. The fraction of sp³-hybridized carbons (Fsp3) is 0.185. The van der Waals surface area contributed by atoms with Crippen molar-refractivity contribution in [3.63, 3.8) is 0 Å². The fourth-order valence-electron chi connectivity index (χ4n) is 4.46. The topological polar surface area (TPSA) is 84.0 Å². The molecule has 0 N–H and O–H groups in total. The molecule has 0 unspecified atom stereocenters. The summed E-state index contributed by atoms with van der Waals surface area (Å²) in [4.78, 5) is 26.4. The van der Waals surface area contributed by atoms with Gasteiger partial charge in [-0.3, -0.25) is 9.10 Å². The van der Waals surface area contributed by atoms with E-state index in [-0.39, 0.29) is 17.4 Å². The number of rotatable bonds is 6. The molecule has 0 saturated heterocycles. The number of carbonyl (C=O) groups is 2. The Hall–Kier alpha value is -3.91. The molecule has 178 valence electrons. The molecule has 0 bridgehead atoms. The largest absolute Gasteiger partial charge is 0.452 e. The molecule has 2 heterocycles. The van der Waals surface area contributed by atoms with Crippen LogP contribution in [0.5, 0.6) is 0 Å². The summed E-state index contributed by atoms with van der Waals surface area (Å²) in [6.45, 7) is 0.646. The highest BCUT2D eigenvalue weighted by molar-refractivity contribution is 7.92. The van der Waals surface area contributed by atoms with Crippen LogP contribution in [0.15, 0.2) is 83.8 Å². The van der Waals surface area contributed by atoms with E-state index in [9.17, 15) is 18.0 Å². The lowest BCUT2D eigenvalue weighted by Crippen LogP contribution is -2.33. The first-order valence-corrected chi connectivity index (χ1v) is 12.8. The summed E-state index contributed by atoms with van der Waals surface area (Å²) in [5.41, 5.74) is 4.33. The van der Waals surface area contributed by atoms with Gasteiger partial charge in [-0.05, 0) is 59.9 Å². The van der Waals surface area contributed by atoms with E-state index in [1.54, 1.807) is 17.0 Å². The maximum absolute atomic E-state index is 13.1. The van der Waals surface area contributed by atoms with Crippen molar-refractivity contribution >= 4 is 39.4 Å². The number of ether oxygens (including phenoxy) is 1. The summed E-state index contributed by atoms with van der Waals surface area (Å²) >= 11 is 0. The molecule has 7 nitrogen and oxygen atoms in total. The zero-order chi connectivity index (χ0) is 24.4. The number of nitrogens with zero attached hydrogens (tertiary/aromatic N) is 2. The zero-order valence-corrected chi connectivity index (χ0v) is 19.8. The number of hydrogen-bond acceptors (Lipinski definition) is 5. The predicted octanol–water partition coefficient (Wildman–Crippen LogP) is 3.58. The van der Waals surface area contributed by atoms with Crippen LogP contribution in [0, 0.1) is 0 Å². The van der Waals surface area contributed by atoms with Crippen LogP contribution in [0.2, 0.25) is 0 Å². The monoisotopic (exact) mass is 488 g/mol. The van der Waals surface area contributed by atoms with E-state index in [4.69, 9.17) is 4.74 Å². The minimum Gasteiger partial charge on any atom is -0.452 e. The van der Waals surface area contributed by atoms with E-state index in [0.29, 0.717) is 30.8 Å². The smallest absolute Gasteiger partial charge is 0.331 e. The van der Waals surface area contributed by atoms with Gasteiger partial charge in [0.15, 0.2) is 6.61 Å². The van der Waals surface area contributed by atoms with Crippen molar-refractivity contribution in [3.8, 4) is 0 Å². The summed E-state index contributed by atoms with van der Waals surface area (Å²) in [5.74, 6) is -0.911. The Morgan fingerprint density at radius 1 is 0.829 bits per heavy atom. The SMILES string of the molecule is O=C(/C=C/c1ccc(S(=O)(=O)N2CCc3ccccc32)cc1)OCC(=O)N1CCc2ccccc21. The molecule has 0 atom stereocenters. The number of sulfonamides is 1. The molecule has 0 radical (unpaired) electrons. The third-order valence-corrected chi connectivity index (χ3v) is 8.08. The maximum Gasteiger partial charge on any atom is 0.331 e. The Kier molecular flexibility index (Phi) is 6.13. The zero-order valence-electron chi connectivity index (χ0n) is 19.0. The third-order valence-electron chi connectivity index (χ3n) is 6.25. The van der Waals surface area contributed by atoms with Crippen LogP contribution in [-0.2, 0) is 37.2 Å². The van der Waals surface area contributed by atoms with Crippen LogP contribution in [0.1, 0.15) is 16.7 Å². The van der Waals surface area contributed by atoms with Gasteiger partial charge in [-0.2, -0.15) is 0 Å². The van der Waals surface area contributed by atoms with E-state index >= 15 is 0 Å². The first kappa shape index (κ1) is 22.9. The van der Waals surface area contributed by atoms with Crippen LogP contribution in [0.25, 0.3) is 6.08 Å². The Morgan fingerprint density at radius 2 is 1.46 bits per heavy atom. The lowest BCUT2D eigenvalue weighted by Gasteiger charge is -2.19. The van der Waals surface area contributed by atoms with Crippen molar-refractivity contribution in [2.24, 2.45) is 0 Å². The van der Waals surface area contributed by atoms with Gasteiger partial charge in [-0.1, -0.05) is 48.5 Å². The van der Waals surface area contributed by atoms with Gasteiger partial charge in [0, 0.05) is 24.9 Å². The Labute approximate surface area is 204 Å². The number of anilines is 2. The molecule has 3 aromatic rings. The highest BCUT2D eigenvalue weighted by atomic mass is 32.2. The number of carbonyl (C=O) groups excluding carboxylic acids is 2. The Bertz CT molecular complexity index is 1410. The molecule has 0 saturated carbocycles. The molecule has 1 amide bonds. The molecule has 5 rings (SSSR count). The van der Waals surface area contributed by atoms with Crippen molar-refractivity contribution in [2.45, 2.75) is 17.7 Å². The van der Waals surface area contributed by atoms with Crippen molar-refractivity contribution in [3.05, 3.63) is 95.6 Å². The summed E-state index contributed by atoms with van der Waals surface area (Å²) in [7, 11) is -3.67. The van der Waals surface area contributed by atoms with E-state index in [2.05, 4.69) is 0 Å². The molecule has 0 aromatic heterocycles. The first-order valence-electron chi connectivity index (χ1n) is 11.4. The molecule has 2 aliphatic heterocycles. The van der Waals surface area contributed by atoms with Crippen molar-refractivity contribution in [1.82, 2.24) is 0 Å². The van der Waals surface area contributed by atoms with Crippen molar-refractivity contribution < 1.29 is 22.7 Å². The second kappa shape index (κ2) is 9.38. The van der Waals surface area contributed by atoms with Crippen LogP contribution < -0.4 is 9.21 Å². The average Bonchev–Trinajstić information content (AvgIpc) is 3.51. The highest BCUT2D eigenvalue weighted by Gasteiger charge is 2.30. The quantitative estimate of drug-likeness (QED) is 0.391. The van der Waals surface area contributed by atoms with Gasteiger partial charge in [-0.15, -0.1) is 0 Å². The van der Waals surface area contributed by atoms with E-state index in [0.717, 1.165) is 23.2 Å². The minimum atomic E-state index is -3.67. The normalized spacial score (nSPS) is 14.7. The standard InChI is InChI=1S/C27H24N2O5S/c30-26(28-17-15-21-5-1-3-7-24(21)28)19-34-27(31)14-11-20-9-12-23(13-10-20)35(32,33)29-18-16-22-6-2-4-8-25(22)29/h1-14H,15-19H2/b14-11+. The second-order valence-corrected chi connectivity index (χ2v) is 10.3. The molecule has 0 fully saturated rings. The number of para-hydroxylation sites is 2. The van der Waals surface area contributed by atoms with Crippen LogP contribution in [0.4, 0.5) is 11.4 Å². The van der Waals surface area contributed by atoms with Crippen LogP contribution in [0.3, 0.4) is 0 Å². The number of hydrogen-bond donors (Lipinski definition) is 0. The molecule has 8 heteroatoms. The predicted molar refractivity (Wildman–Crippen MR) is 134 cm³/mol. The van der Waals surface area contributed by atoms with Gasteiger partial charge < -0.3 is 9.64 Å². The summed E-state index contributed by atoms with van der Waals surface area (Å²) < 4.78 is 32.8. The summed E-state index contributed by atoms with van der Waals surface area (Å²) in [6, 6.07) is 21.5. The molecule has 0 aliphatic carbocycles. The van der Waals surface area contributed by atoms with Gasteiger partial charge in [0.1, 0.15) is 0 Å². The molecular weight excluding hydrogens is 464 g/mol. The van der Waals surface area contributed by atoms with Gasteiger partial charge in [0.05, 0.1) is 10.6 Å². The van der Waals surface area contributed by atoms with E-state index < -0.39 is 16.0 Å². The summed E-state index contributed by atoms with van der Waals surface area (Å²) in [6.07, 6.45) is 4.22. The van der Waals surface area contributed by atoms with E-state index in [1.807, 2.05) is 48.5 Å². The Balaban J connectivity index is 1.18. The second-order valence-electron chi connectivity index (χ2n) is 8.39. The van der Waals surface area contributed by atoms with Gasteiger partial charge in [-0.25, -0.2) is 13.2 Å². The van der Waals surface area contributed by atoms with Crippen molar-refractivity contribution in [2.75, 3.05) is 28.9 Å². The molecule has 35 heavy (non-hydrogen) atoms. The number of amides is 1. The fourth-order valence-corrected chi connectivity index (χ4v) is 5.96. The molecule has 0 spiro atoms. The number of benzene rings is 3. The van der Waals surface area contributed by atoms with Gasteiger partial charge >= 0.3 is 5.97 Å². The maximum atomic E-state index is 13.1. The number of esters is 1. The minimum absolute atomic E-state index is 0.186. The van der Waals surface area contributed by atoms with E-state index in [1.165, 1.54) is 28.6 Å². The molecule has 2 aliphatic rings. The highest BCUT2D eigenvalue weighted by Crippen LogP contribution is 2.32. The number of fused-ring (bicyclic) bond motifs is 2. The third kappa shape index (κ3) is 4.57. The lowest BCUT2D eigenvalue weighted by atomic mass is 10.2. The van der Waals surface area contributed by atoms with Crippen LogP contribution >= 0.6 is 0 Å². The van der Waals surface area contributed by atoms with Gasteiger partial charge in [0.2, 0.25) is 0 Å². The van der Waals surface area contributed by atoms with Crippen molar-refractivity contribution in [1.29, 1.82) is 0 Å². The van der Waals surface area contributed by atoms with Crippen LogP contribution in [-0.4, -0.2) is 40.0 Å². The lowest BCUT2D eigenvalue weighted by molar-refractivity contribution is -0.142. The average molecular weight is 489 g/mol. The van der Waals surface area contributed by atoms with Gasteiger partial charge in [0.25, 0.3) is 15.9 Å². The Morgan fingerprint density at radius 3 is 2.20 bits per heavy atom. The first-order chi connectivity index (χ1) is 16.9. The summed E-state index contributed by atoms with van der Waals surface area (Å²) in [5, 5.41) is 0.